The van der Waals surface area contributed by atoms with Gasteiger partial charge in [0.25, 0.3) is 0 Å². The Morgan fingerprint density at radius 3 is 1.67 bits per heavy atom. The van der Waals surface area contributed by atoms with Crippen LogP contribution >= 0.6 is 22.6 Å². The Bertz CT molecular complexity index is 413. The summed E-state index contributed by atoms with van der Waals surface area (Å²) in [4.78, 5) is 0. The average molecular weight is 484 g/mol. The van der Waals surface area contributed by atoms with Gasteiger partial charge in [-0.1, -0.05) is 39.0 Å². The van der Waals surface area contributed by atoms with Crippen LogP contribution in [-0.4, -0.2) is 23.9 Å². The van der Waals surface area contributed by atoms with Gasteiger partial charge in [-0.25, -0.2) is 0 Å². The first-order valence-electron chi connectivity index (χ1n) is 7.28. The van der Waals surface area contributed by atoms with Crippen LogP contribution in [0.1, 0.15) is 51.9 Å². The lowest BCUT2D eigenvalue weighted by Gasteiger charge is -2.32. The summed E-state index contributed by atoms with van der Waals surface area (Å²) in [7, 11) is 0. The Balaban J connectivity index is 4.91. The van der Waals surface area contributed by atoms with Gasteiger partial charge >= 0.3 is 23.9 Å². The Hall–Kier alpha value is -0.160. The summed E-state index contributed by atoms with van der Waals surface area (Å²) in [5.41, 5.74) is 0. The highest BCUT2D eigenvalue weighted by molar-refractivity contribution is 14.1. The molecule has 0 aromatic carbocycles. The molecular formula is C14H18F9I. The predicted octanol–water partition coefficient (Wildman–Crippen LogP) is 7.52. The number of allylic oxidation sites excluding steroid dienone is 2. The number of halogens is 10. The fraction of sp³-hybridized carbons (Fsp3) is 0.857. The quantitative estimate of drug-likeness (QED) is 0.171. The molecule has 0 bridgehead atoms. The second kappa shape index (κ2) is 8.98. The number of rotatable bonds is 10. The molecule has 0 atom stereocenters. The summed E-state index contributed by atoms with van der Waals surface area (Å²) < 4.78 is 114. The molecule has 0 amide bonds. The number of hydrogen-bond acceptors (Lipinski definition) is 0. The van der Waals surface area contributed by atoms with E-state index in [0.29, 0.717) is 12.8 Å². The lowest BCUT2D eigenvalue weighted by atomic mass is 10.0. The third kappa shape index (κ3) is 5.98. The highest BCUT2D eigenvalue weighted by atomic mass is 127. The van der Waals surface area contributed by atoms with Crippen LogP contribution in [0.2, 0.25) is 0 Å². The van der Waals surface area contributed by atoms with Crippen LogP contribution in [-0.2, 0) is 0 Å². The zero-order valence-corrected chi connectivity index (χ0v) is 15.0. The van der Waals surface area contributed by atoms with Crippen LogP contribution in [0.15, 0.2) is 9.66 Å². The SMILES string of the molecule is CCCCCCCCC(I)=CC(F)(F)C(F)(F)C(F)(F)C(F)(F)F. The van der Waals surface area contributed by atoms with Gasteiger partial charge in [0, 0.05) is 6.08 Å². The van der Waals surface area contributed by atoms with Crippen molar-refractivity contribution in [1.29, 1.82) is 0 Å². The fourth-order valence-electron chi connectivity index (χ4n) is 1.82. The van der Waals surface area contributed by atoms with E-state index in [4.69, 9.17) is 0 Å². The summed E-state index contributed by atoms with van der Waals surface area (Å²) in [6.07, 6.45) is -2.68. The molecule has 0 aliphatic heterocycles. The van der Waals surface area contributed by atoms with Crippen molar-refractivity contribution in [1.82, 2.24) is 0 Å². The number of unbranched alkanes of at least 4 members (excludes halogenated alkanes) is 5. The predicted molar refractivity (Wildman–Crippen MR) is 81.0 cm³/mol. The van der Waals surface area contributed by atoms with Gasteiger partial charge in [-0.15, -0.1) is 0 Å². The van der Waals surface area contributed by atoms with Crippen molar-refractivity contribution in [2.75, 3.05) is 0 Å². The lowest BCUT2D eigenvalue weighted by Crippen LogP contribution is -2.60. The molecule has 0 N–H and O–H groups in total. The van der Waals surface area contributed by atoms with Crippen LogP contribution in [0, 0.1) is 0 Å². The molecule has 24 heavy (non-hydrogen) atoms. The van der Waals surface area contributed by atoms with E-state index in [1.54, 1.807) is 0 Å². The highest BCUT2D eigenvalue weighted by Gasteiger charge is 2.81. The van der Waals surface area contributed by atoms with Crippen molar-refractivity contribution in [2.45, 2.75) is 75.8 Å². The molecule has 0 saturated carbocycles. The van der Waals surface area contributed by atoms with Crippen molar-refractivity contribution in [3.8, 4) is 0 Å². The summed E-state index contributed by atoms with van der Waals surface area (Å²) >= 11 is 1.25. The van der Waals surface area contributed by atoms with Gasteiger partial charge in [-0.05, 0) is 39.0 Å². The molecule has 0 aromatic heterocycles. The molecule has 10 heteroatoms. The molecule has 0 spiro atoms. The van der Waals surface area contributed by atoms with Gasteiger partial charge in [-0.3, -0.25) is 0 Å². The molecule has 144 valence electrons. The Kier molecular flexibility index (Phi) is 8.92. The van der Waals surface area contributed by atoms with Gasteiger partial charge in [0.05, 0.1) is 0 Å². The average Bonchev–Trinajstić information content (AvgIpc) is 2.40. The van der Waals surface area contributed by atoms with Crippen molar-refractivity contribution < 1.29 is 39.5 Å². The summed E-state index contributed by atoms with van der Waals surface area (Å²) in [5, 5.41) is 0. The molecule has 0 aliphatic rings. The smallest absolute Gasteiger partial charge is 0.195 e. The van der Waals surface area contributed by atoms with E-state index in [0.717, 1.165) is 25.7 Å². The molecule has 0 saturated heterocycles. The van der Waals surface area contributed by atoms with Crippen molar-refractivity contribution in [3.05, 3.63) is 9.66 Å². The third-order valence-corrected chi connectivity index (χ3v) is 4.13. The third-order valence-electron chi connectivity index (χ3n) is 3.28. The Morgan fingerprint density at radius 1 is 0.750 bits per heavy atom. The molecule has 0 radical (unpaired) electrons. The molecule has 0 unspecified atom stereocenters. The second-order valence-electron chi connectivity index (χ2n) is 5.38. The van der Waals surface area contributed by atoms with E-state index >= 15 is 0 Å². The van der Waals surface area contributed by atoms with Crippen molar-refractivity contribution in [3.63, 3.8) is 0 Å². The van der Waals surface area contributed by atoms with Crippen LogP contribution in [0.3, 0.4) is 0 Å². The standard InChI is InChI=1S/C14H18F9I/c1-2-3-4-5-6-7-8-10(24)9-11(15,16)12(17,18)13(19,20)14(21,22)23/h9H,2-8H2,1H3. The maximum atomic E-state index is 13.3. The molecule has 0 aliphatic carbocycles. The monoisotopic (exact) mass is 484 g/mol. The molecule has 0 aromatic rings. The first-order chi connectivity index (χ1) is 10.7. The lowest BCUT2D eigenvalue weighted by molar-refractivity contribution is -0.388. The topological polar surface area (TPSA) is 0 Å². The zero-order chi connectivity index (χ0) is 19.2. The van der Waals surface area contributed by atoms with E-state index in [9.17, 15) is 39.5 Å². The molecule has 0 nitrogen and oxygen atoms in total. The first-order valence-corrected chi connectivity index (χ1v) is 8.36. The van der Waals surface area contributed by atoms with E-state index in [1.807, 2.05) is 6.92 Å². The Morgan fingerprint density at radius 2 is 1.21 bits per heavy atom. The summed E-state index contributed by atoms with van der Waals surface area (Å²) in [6.45, 7) is 1.99. The highest BCUT2D eigenvalue weighted by Crippen LogP contribution is 2.53. The van der Waals surface area contributed by atoms with Gasteiger partial charge in [0.15, 0.2) is 0 Å². The first kappa shape index (κ1) is 23.8. The van der Waals surface area contributed by atoms with Crippen LogP contribution in [0.4, 0.5) is 39.5 Å². The van der Waals surface area contributed by atoms with Gasteiger partial charge in [0.1, 0.15) is 0 Å². The fourth-order valence-corrected chi connectivity index (χ4v) is 2.59. The van der Waals surface area contributed by atoms with E-state index in [1.165, 1.54) is 22.6 Å². The van der Waals surface area contributed by atoms with Gasteiger partial charge in [-0.2, -0.15) is 39.5 Å². The van der Waals surface area contributed by atoms with E-state index in [2.05, 4.69) is 0 Å². The minimum absolute atomic E-state index is 0.0874. The van der Waals surface area contributed by atoms with Crippen molar-refractivity contribution in [2.24, 2.45) is 0 Å². The van der Waals surface area contributed by atoms with E-state index < -0.39 is 30.0 Å². The zero-order valence-electron chi connectivity index (χ0n) is 12.8. The molecule has 0 heterocycles. The van der Waals surface area contributed by atoms with Crippen molar-refractivity contribution >= 4 is 22.6 Å². The number of alkyl halides is 9. The van der Waals surface area contributed by atoms with Crippen LogP contribution in [0.5, 0.6) is 0 Å². The molecule has 0 rings (SSSR count). The minimum Gasteiger partial charge on any atom is -0.195 e. The maximum absolute atomic E-state index is 13.3. The molecular weight excluding hydrogens is 466 g/mol. The van der Waals surface area contributed by atoms with E-state index in [-0.39, 0.29) is 10.0 Å². The Labute approximate surface area is 148 Å². The molecule has 0 fully saturated rings. The summed E-state index contributed by atoms with van der Waals surface area (Å²) in [5.74, 6) is -19.0. The second-order valence-corrected chi connectivity index (χ2v) is 6.76. The number of hydrogen-bond donors (Lipinski definition) is 0. The van der Waals surface area contributed by atoms with Crippen LogP contribution < -0.4 is 0 Å². The summed E-state index contributed by atoms with van der Waals surface area (Å²) in [6, 6.07) is 0. The van der Waals surface area contributed by atoms with Crippen LogP contribution in [0.25, 0.3) is 0 Å². The minimum atomic E-state index is -6.84. The van der Waals surface area contributed by atoms with Gasteiger partial charge < -0.3 is 0 Å². The largest absolute Gasteiger partial charge is 0.460 e. The maximum Gasteiger partial charge on any atom is 0.460 e. The van der Waals surface area contributed by atoms with Gasteiger partial charge in [0.2, 0.25) is 0 Å². The normalized spacial score (nSPS) is 15.0.